The van der Waals surface area contributed by atoms with Gasteiger partial charge in [0, 0.05) is 6.07 Å². The summed E-state index contributed by atoms with van der Waals surface area (Å²) in [4.78, 5) is -0.309. The summed E-state index contributed by atoms with van der Waals surface area (Å²) in [5, 5.41) is 12.8. The molecule has 0 heterocycles. The molecule has 2 rings (SSSR count). The minimum atomic E-state index is -4.43. The van der Waals surface area contributed by atoms with Crippen LogP contribution in [0.3, 0.4) is 0 Å². The van der Waals surface area contributed by atoms with E-state index < -0.39 is 10.1 Å². The summed E-state index contributed by atoms with van der Waals surface area (Å²) in [5.74, 6) is 0.0236. The van der Waals surface area contributed by atoms with Crippen molar-refractivity contribution in [1.82, 2.24) is 0 Å². The van der Waals surface area contributed by atoms with Crippen LogP contribution >= 0.6 is 0 Å². The van der Waals surface area contributed by atoms with Crippen molar-refractivity contribution in [3.8, 4) is 17.2 Å². The molecule has 0 fully saturated rings. The van der Waals surface area contributed by atoms with Gasteiger partial charge >= 0.3 is 51.4 Å². The summed E-state index contributed by atoms with van der Waals surface area (Å²) in [6.07, 6.45) is 13.7. The van der Waals surface area contributed by atoms with Crippen molar-refractivity contribution in [1.29, 1.82) is 0 Å². The second-order valence-electron chi connectivity index (χ2n) is 8.09. The van der Waals surface area contributed by atoms with Crippen LogP contribution in [0.4, 0.5) is 0 Å². The molecule has 2 aromatic carbocycles. The SMILES string of the molecule is CCCCCCCCCCCCCc1cc(S(=O)(=O)O)cc(Oc2ccccc2)c1[O-].[K+]. The van der Waals surface area contributed by atoms with Gasteiger partial charge in [-0.15, -0.1) is 0 Å². The molecule has 0 unspecified atom stereocenters. The molecule has 0 amide bonds. The number of ether oxygens (including phenoxy) is 1. The van der Waals surface area contributed by atoms with Gasteiger partial charge in [-0.1, -0.05) is 101 Å². The first-order valence-corrected chi connectivity index (χ1v) is 12.9. The maximum absolute atomic E-state index is 12.8. The van der Waals surface area contributed by atoms with E-state index in [4.69, 9.17) is 4.74 Å². The van der Waals surface area contributed by atoms with Gasteiger partial charge in [0.1, 0.15) is 11.5 Å². The van der Waals surface area contributed by atoms with Gasteiger partial charge in [0.2, 0.25) is 0 Å². The van der Waals surface area contributed by atoms with Gasteiger partial charge < -0.3 is 9.84 Å². The number of hydrogen-bond donors (Lipinski definition) is 1. The zero-order valence-corrected chi connectivity index (χ0v) is 23.5. The Bertz CT molecular complexity index is 885. The third kappa shape index (κ3) is 11.1. The molecule has 0 radical (unpaired) electrons. The number of hydrogen-bond acceptors (Lipinski definition) is 4. The Morgan fingerprint density at radius 2 is 1.38 bits per heavy atom. The van der Waals surface area contributed by atoms with E-state index in [0.717, 1.165) is 25.3 Å². The van der Waals surface area contributed by atoms with Gasteiger partial charge in [-0.3, -0.25) is 4.55 Å². The molecule has 172 valence electrons. The van der Waals surface area contributed by atoms with Crippen LogP contribution in [0.5, 0.6) is 17.2 Å². The van der Waals surface area contributed by atoms with Crippen molar-refractivity contribution < 1.29 is 74.2 Å². The second kappa shape index (κ2) is 16.3. The normalized spacial score (nSPS) is 11.2. The quantitative estimate of drug-likeness (QED) is 0.236. The monoisotopic (exact) mass is 486 g/mol. The van der Waals surface area contributed by atoms with E-state index in [9.17, 15) is 18.1 Å². The van der Waals surface area contributed by atoms with Crippen molar-refractivity contribution in [3.05, 3.63) is 48.0 Å². The molecule has 32 heavy (non-hydrogen) atoms. The van der Waals surface area contributed by atoms with Crippen LogP contribution in [0.1, 0.15) is 83.1 Å². The van der Waals surface area contributed by atoms with E-state index in [2.05, 4.69) is 6.92 Å². The topological polar surface area (TPSA) is 86.7 Å². The van der Waals surface area contributed by atoms with E-state index in [1.807, 2.05) is 6.07 Å². The van der Waals surface area contributed by atoms with Crippen LogP contribution in [0.25, 0.3) is 0 Å². The maximum Gasteiger partial charge on any atom is 1.00 e. The van der Waals surface area contributed by atoms with Crippen LogP contribution in [0, 0.1) is 0 Å². The number of para-hydroxylation sites is 1. The Kier molecular flexibility index (Phi) is 15.0. The average Bonchev–Trinajstić information content (AvgIpc) is 2.74. The molecule has 0 aliphatic heterocycles. The third-order valence-electron chi connectivity index (χ3n) is 5.42. The first-order chi connectivity index (χ1) is 14.9. The summed E-state index contributed by atoms with van der Waals surface area (Å²) in [6.45, 7) is 2.23. The van der Waals surface area contributed by atoms with E-state index in [-0.39, 0.29) is 67.8 Å². The van der Waals surface area contributed by atoms with Crippen LogP contribution in [0.15, 0.2) is 47.4 Å². The predicted octanol–water partition coefficient (Wildman–Crippen LogP) is 3.66. The number of unbranched alkanes of at least 4 members (excludes halogenated alkanes) is 10. The largest absolute Gasteiger partial charge is 1.00 e. The predicted molar refractivity (Wildman–Crippen MR) is 122 cm³/mol. The first-order valence-electron chi connectivity index (χ1n) is 11.5. The number of rotatable bonds is 15. The third-order valence-corrected chi connectivity index (χ3v) is 6.26. The Morgan fingerprint density at radius 3 is 1.91 bits per heavy atom. The van der Waals surface area contributed by atoms with E-state index in [1.165, 1.54) is 57.4 Å². The summed E-state index contributed by atoms with van der Waals surface area (Å²) in [7, 11) is -4.43. The molecule has 0 bridgehead atoms. The summed E-state index contributed by atoms with van der Waals surface area (Å²) in [5.41, 5.74) is 0.358. The van der Waals surface area contributed by atoms with E-state index >= 15 is 0 Å². The summed E-state index contributed by atoms with van der Waals surface area (Å²) >= 11 is 0. The molecule has 5 nitrogen and oxygen atoms in total. The van der Waals surface area contributed by atoms with Crippen molar-refractivity contribution in [2.24, 2.45) is 0 Å². The second-order valence-corrected chi connectivity index (χ2v) is 9.51. The molecule has 2 aromatic rings. The molecule has 0 saturated carbocycles. The van der Waals surface area contributed by atoms with Crippen LogP contribution in [0.2, 0.25) is 0 Å². The maximum atomic E-state index is 12.8. The molecule has 7 heteroatoms. The molecular formula is C25H35KO5S. The number of aryl methyl sites for hydroxylation is 1. The summed E-state index contributed by atoms with van der Waals surface area (Å²) in [6, 6.07) is 11.1. The molecule has 0 aromatic heterocycles. The molecule has 0 saturated heterocycles. The minimum absolute atomic E-state index is 0. The van der Waals surface area contributed by atoms with Gasteiger partial charge in [0.05, 0.1) is 4.90 Å². The zero-order chi connectivity index (χ0) is 22.5. The summed E-state index contributed by atoms with van der Waals surface area (Å²) < 4.78 is 38.4. The molecule has 0 spiro atoms. The van der Waals surface area contributed by atoms with Crippen LogP contribution in [-0.4, -0.2) is 13.0 Å². The van der Waals surface area contributed by atoms with Crippen LogP contribution < -0.4 is 61.2 Å². The Morgan fingerprint density at radius 1 is 0.844 bits per heavy atom. The number of benzene rings is 2. The molecular weight excluding hydrogens is 451 g/mol. The van der Waals surface area contributed by atoms with Crippen molar-refractivity contribution in [2.45, 2.75) is 88.9 Å². The Labute approximate surface area is 236 Å². The van der Waals surface area contributed by atoms with Gasteiger partial charge in [-0.2, -0.15) is 8.42 Å². The first kappa shape index (κ1) is 29.6. The van der Waals surface area contributed by atoms with E-state index in [1.54, 1.807) is 24.3 Å². The molecule has 1 N–H and O–H groups in total. The Hall–Kier alpha value is -0.414. The Balaban J connectivity index is 0.00000512. The van der Waals surface area contributed by atoms with Gasteiger partial charge in [-0.25, -0.2) is 0 Å². The average molecular weight is 487 g/mol. The van der Waals surface area contributed by atoms with Crippen LogP contribution in [-0.2, 0) is 16.5 Å². The molecule has 0 atom stereocenters. The van der Waals surface area contributed by atoms with Crippen molar-refractivity contribution >= 4 is 10.1 Å². The zero-order valence-electron chi connectivity index (χ0n) is 19.5. The fraction of sp³-hybridized carbons (Fsp3) is 0.520. The van der Waals surface area contributed by atoms with Crippen molar-refractivity contribution in [3.63, 3.8) is 0 Å². The fourth-order valence-electron chi connectivity index (χ4n) is 3.64. The molecule has 0 aliphatic carbocycles. The standard InChI is InChI=1S/C25H36O5S.K/c1-2-3-4-5-6-7-8-9-10-11-13-16-21-19-23(31(27,28)29)20-24(25(21)26)30-22-17-14-12-15-18-22;/h12,14-15,17-20,26H,2-11,13,16H2,1H3,(H,27,28,29);/q;+1/p-1. The van der Waals surface area contributed by atoms with Gasteiger partial charge in [-0.05, 0) is 31.0 Å². The van der Waals surface area contributed by atoms with Gasteiger partial charge in [0.25, 0.3) is 10.1 Å². The molecule has 0 aliphatic rings. The smallest absolute Gasteiger partial charge is 0.870 e. The van der Waals surface area contributed by atoms with E-state index in [0.29, 0.717) is 17.7 Å². The van der Waals surface area contributed by atoms with Gasteiger partial charge in [0.15, 0.2) is 0 Å². The van der Waals surface area contributed by atoms with Crippen molar-refractivity contribution in [2.75, 3.05) is 0 Å². The fourth-order valence-corrected chi connectivity index (χ4v) is 4.18. The minimum Gasteiger partial charge on any atom is -0.870 e.